The molecule has 1 fully saturated rings. The molecule has 66 valence electrons. The van der Waals surface area contributed by atoms with Gasteiger partial charge in [0.15, 0.2) is 0 Å². The number of hydrogen-bond donors (Lipinski definition) is 1. The summed E-state index contributed by atoms with van der Waals surface area (Å²) in [4.78, 5) is 0. The standard InChI is InChI=1S/C9H18O2/c1-7-4-5-8(10)9(2,6-7)11-3/h7-8,10H,4-6H2,1-3H3. The topological polar surface area (TPSA) is 29.5 Å². The maximum absolute atomic E-state index is 9.62. The van der Waals surface area contributed by atoms with Crippen LogP contribution in [0.3, 0.4) is 0 Å². The molecule has 3 atom stereocenters. The largest absolute Gasteiger partial charge is 0.390 e. The van der Waals surface area contributed by atoms with Gasteiger partial charge in [-0.25, -0.2) is 0 Å². The second-order valence-corrected chi connectivity index (χ2v) is 3.92. The number of aliphatic hydroxyl groups excluding tert-OH is 1. The Bertz CT molecular complexity index is 136. The third-order valence-corrected chi connectivity index (χ3v) is 2.86. The highest BCUT2D eigenvalue weighted by molar-refractivity contribution is 4.89. The van der Waals surface area contributed by atoms with E-state index >= 15 is 0 Å². The summed E-state index contributed by atoms with van der Waals surface area (Å²) in [6.07, 6.45) is 2.71. The van der Waals surface area contributed by atoms with Gasteiger partial charge in [0.2, 0.25) is 0 Å². The number of ether oxygens (including phenoxy) is 1. The predicted octanol–water partition coefficient (Wildman–Crippen LogP) is 1.57. The minimum absolute atomic E-state index is 0.274. The molecule has 1 N–H and O–H groups in total. The Morgan fingerprint density at radius 1 is 1.45 bits per heavy atom. The molecule has 0 aromatic heterocycles. The van der Waals surface area contributed by atoms with Crippen molar-refractivity contribution in [3.63, 3.8) is 0 Å². The van der Waals surface area contributed by atoms with Gasteiger partial charge in [-0.15, -0.1) is 0 Å². The van der Waals surface area contributed by atoms with Crippen LogP contribution in [0.1, 0.15) is 33.1 Å². The molecule has 0 aliphatic heterocycles. The molecular formula is C9H18O2. The van der Waals surface area contributed by atoms with Crippen LogP contribution in [-0.4, -0.2) is 23.9 Å². The van der Waals surface area contributed by atoms with Crippen molar-refractivity contribution >= 4 is 0 Å². The molecule has 2 nitrogen and oxygen atoms in total. The summed E-state index contributed by atoms with van der Waals surface area (Å²) in [7, 11) is 1.68. The van der Waals surface area contributed by atoms with Crippen LogP contribution in [-0.2, 0) is 4.74 Å². The third kappa shape index (κ3) is 1.74. The van der Waals surface area contributed by atoms with Crippen LogP contribution in [0.25, 0.3) is 0 Å². The maximum atomic E-state index is 9.62. The van der Waals surface area contributed by atoms with Gasteiger partial charge >= 0.3 is 0 Å². The van der Waals surface area contributed by atoms with Crippen LogP contribution in [0.5, 0.6) is 0 Å². The van der Waals surface area contributed by atoms with Gasteiger partial charge in [0.25, 0.3) is 0 Å². The molecule has 1 saturated carbocycles. The summed E-state index contributed by atoms with van der Waals surface area (Å²) >= 11 is 0. The molecule has 1 rings (SSSR count). The predicted molar refractivity (Wildman–Crippen MR) is 44.4 cm³/mol. The molecule has 1 aliphatic rings. The van der Waals surface area contributed by atoms with Gasteiger partial charge in [0, 0.05) is 7.11 Å². The highest BCUT2D eigenvalue weighted by Gasteiger charge is 2.37. The van der Waals surface area contributed by atoms with Crippen molar-refractivity contribution in [3.05, 3.63) is 0 Å². The minimum atomic E-state index is -0.294. The SMILES string of the molecule is COC1(C)CC(C)CCC1O. The zero-order valence-corrected chi connectivity index (χ0v) is 7.63. The molecule has 11 heavy (non-hydrogen) atoms. The average molecular weight is 158 g/mol. The third-order valence-electron chi connectivity index (χ3n) is 2.86. The van der Waals surface area contributed by atoms with E-state index in [-0.39, 0.29) is 11.7 Å². The van der Waals surface area contributed by atoms with Gasteiger partial charge in [-0.3, -0.25) is 0 Å². The highest BCUT2D eigenvalue weighted by atomic mass is 16.5. The van der Waals surface area contributed by atoms with Crippen LogP contribution in [0.4, 0.5) is 0 Å². The summed E-state index contributed by atoms with van der Waals surface area (Å²) < 4.78 is 5.31. The number of hydrogen-bond acceptors (Lipinski definition) is 2. The molecular weight excluding hydrogens is 140 g/mol. The summed E-state index contributed by atoms with van der Waals surface area (Å²) in [6.45, 7) is 4.20. The van der Waals surface area contributed by atoms with Crippen molar-refractivity contribution < 1.29 is 9.84 Å². The molecule has 0 heterocycles. The first-order valence-corrected chi connectivity index (χ1v) is 4.31. The molecule has 0 saturated heterocycles. The normalized spacial score (nSPS) is 45.8. The molecule has 2 heteroatoms. The molecule has 0 aromatic carbocycles. The van der Waals surface area contributed by atoms with Crippen molar-refractivity contribution in [2.24, 2.45) is 5.92 Å². The first-order valence-electron chi connectivity index (χ1n) is 4.31. The monoisotopic (exact) mass is 158 g/mol. The van der Waals surface area contributed by atoms with Crippen LogP contribution in [0, 0.1) is 5.92 Å². The average Bonchev–Trinajstić information content (AvgIpc) is 1.98. The number of aliphatic hydroxyl groups is 1. The Labute approximate surface area is 68.6 Å². The van der Waals surface area contributed by atoms with Gasteiger partial charge in [-0.2, -0.15) is 0 Å². The van der Waals surface area contributed by atoms with Crippen molar-refractivity contribution in [1.29, 1.82) is 0 Å². The van der Waals surface area contributed by atoms with E-state index in [0.29, 0.717) is 5.92 Å². The fourth-order valence-corrected chi connectivity index (χ4v) is 1.90. The molecule has 0 spiro atoms. The first-order chi connectivity index (χ1) is 5.08. The van der Waals surface area contributed by atoms with E-state index < -0.39 is 0 Å². The fourth-order valence-electron chi connectivity index (χ4n) is 1.90. The Morgan fingerprint density at radius 3 is 2.55 bits per heavy atom. The zero-order chi connectivity index (χ0) is 8.48. The molecule has 0 amide bonds. The highest BCUT2D eigenvalue weighted by Crippen LogP contribution is 2.34. The van der Waals surface area contributed by atoms with Gasteiger partial charge in [0.05, 0.1) is 11.7 Å². The van der Waals surface area contributed by atoms with E-state index in [1.165, 1.54) is 0 Å². The second kappa shape index (κ2) is 3.11. The van der Waals surface area contributed by atoms with Crippen LogP contribution < -0.4 is 0 Å². The lowest BCUT2D eigenvalue weighted by atomic mass is 9.78. The number of methoxy groups -OCH3 is 1. The zero-order valence-electron chi connectivity index (χ0n) is 7.63. The van der Waals surface area contributed by atoms with E-state index in [9.17, 15) is 5.11 Å². The van der Waals surface area contributed by atoms with Gasteiger partial charge in [-0.05, 0) is 32.1 Å². The van der Waals surface area contributed by atoms with Crippen LogP contribution in [0.2, 0.25) is 0 Å². The lowest BCUT2D eigenvalue weighted by molar-refractivity contribution is -0.122. The first kappa shape index (κ1) is 9.01. The fraction of sp³-hybridized carbons (Fsp3) is 1.00. The second-order valence-electron chi connectivity index (χ2n) is 3.92. The van der Waals surface area contributed by atoms with E-state index in [4.69, 9.17) is 4.74 Å². The van der Waals surface area contributed by atoms with Crippen molar-refractivity contribution in [2.75, 3.05) is 7.11 Å². The van der Waals surface area contributed by atoms with E-state index in [0.717, 1.165) is 19.3 Å². The smallest absolute Gasteiger partial charge is 0.0910 e. The van der Waals surface area contributed by atoms with Crippen LogP contribution in [0.15, 0.2) is 0 Å². The van der Waals surface area contributed by atoms with Gasteiger partial charge < -0.3 is 9.84 Å². The maximum Gasteiger partial charge on any atom is 0.0910 e. The van der Waals surface area contributed by atoms with Gasteiger partial charge in [0.1, 0.15) is 0 Å². The van der Waals surface area contributed by atoms with Crippen LogP contribution >= 0.6 is 0 Å². The molecule has 0 aromatic rings. The Kier molecular flexibility index (Phi) is 2.55. The van der Waals surface area contributed by atoms with Crippen molar-refractivity contribution in [1.82, 2.24) is 0 Å². The molecule has 1 aliphatic carbocycles. The Morgan fingerprint density at radius 2 is 2.09 bits per heavy atom. The summed E-state index contributed by atoms with van der Waals surface area (Å²) in [6, 6.07) is 0. The lowest BCUT2D eigenvalue weighted by Gasteiger charge is -2.39. The van der Waals surface area contributed by atoms with Gasteiger partial charge in [-0.1, -0.05) is 6.92 Å². The minimum Gasteiger partial charge on any atom is -0.390 e. The molecule has 0 bridgehead atoms. The van der Waals surface area contributed by atoms with E-state index in [1.807, 2.05) is 6.92 Å². The Balaban J connectivity index is 2.60. The lowest BCUT2D eigenvalue weighted by Crippen LogP contribution is -2.45. The number of rotatable bonds is 1. The summed E-state index contributed by atoms with van der Waals surface area (Å²) in [5.41, 5.74) is -0.294. The van der Waals surface area contributed by atoms with E-state index in [1.54, 1.807) is 7.11 Å². The summed E-state index contributed by atoms with van der Waals surface area (Å²) in [5, 5.41) is 9.62. The summed E-state index contributed by atoms with van der Waals surface area (Å²) in [5.74, 6) is 0.684. The molecule has 0 radical (unpaired) electrons. The van der Waals surface area contributed by atoms with Crippen molar-refractivity contribution in [3.8, 4) is 0 Å². The quantitative estimate of drug-likeness (QED) is 0.627. The molecule has 3 unspecified atom stereocenters. The van der Waals surface area contributed by atoms with Crippen molar-refractivity contribution in [2.45, 2.75) is 44.8 Å². The Hall–Kier alpha value is -0.0800. The van der Waals surface area contributed by atoms with E-state index in [2.05, 4.69) is 6.92 Å².